The topological polar surface area (TPSA) is 53.8 Å². The number of rotatable bonds is 4. The van der Waals surface area contributed by atoms with Gasteiger partial charge in [0.1, 0.15) is 0 Å². The first-order valence-electron chi connectivity index (χ1n) is 8.05. The van der Waals surface area contributed by atoms with Gasteiger partial charge in [0.2, 0.25) is 5.91 Å². The number of amides is 2. The van der Waals surface area contributed by atoms with E-state index in [1.807, 2.05) is 24.3 Å². The second kappa shape index (κ2) is 8.06. The summed E-state index contributed by atoms with van der Waals surface area (Å²) in [5.74, 6) is 0.213. The molecule has 1 aromatic carbocycles. The van der Waals surface area contributed by atoms with Gasteiger partial charge in [-0.3, -0.25) is 9.59 Å². The number of furan rings is 1. The summed E-state index contributed by atoms with van der Waals surface area (Å²) in [4.78, 5) is 28.0. The molecule has 0 radical (unpaired) electrons. The summed E-state index contributed by atoms with van der Waals surface area (Å²) in [6.07, 6.45) is 2.02. The summed E-state index contributed by atoms with van der Waals surface area (Å²) in [5, 5.41) is 0.661. The van der Waals surface area contributed by atoms with Crippen molar-refractivity contribution in [2.24, 2.45) is 0 Å². The van der Waals surface area contributed by atoms with Gasteiger partial charge in [0.25, 0.3) is 5.91 Å². The van der Waals surface area contributed by atoms with Crippen molar-refractivity contribution in [2.45, 2.75) is 11.2 Å². The van der Waals surface area contributed by atoms with Crippen molar-refractivity contribution >= 4 is 39.3 Å². The van der Waals surface area contributed by atoms with E-state index in [-0.39, 0.29) is 16.6 Å². The Bertz CT molecular complexity index is 743. The van der Waals surface area contributed by atoms with Crippen molar-refractivity contribution in [1.82, 2.24) is 9.80 Å². The lowest BCUT2D eigenvalue weighted by Gasteiger charge is -2.35. The first-order valence-corrected chi connectivity index (χ1v) is 9.34. The Hall–Kier alpha value is -1.79. The highest BCUT2D eigenvalue weighted by Crippen LogP contribution is 2.21. The molecule has 1 unspecified atom stereocenters. The maximum atomic E-state index is 12.6. The van der Waals surface area contributed by atoms with Crippen LogP contribution in [-0.4, -0.2) is 52.6 Å². The molecular formula is C18H18BrClN2O3. The van der Waals surface area contributed by atoms with E-state index >= 15 is 0 Å². The molecule has 0 N–H and O–H groups in total. The zero-order valence-corrected chi connectivity index (χ0v) is 15.9. The predicted molar refractivity (Wildman–Crippen MR) is 99.1 cm³/mol. The lowest BCUT2D eigenvalue weighted by atomic mass is 10.1. The van der Waals surface area contributed by atoms with Crippen LogP contribution < -0.4 is 0 Å². The second-order valence-electron chi connectivity index (χ2n) is 5.86. The number of carbonyl (C=O) groups excluding carboxylic acids is 2. The molecule has 0 spiro atoms. The molecule has 3 rings (SSSR count). The monoisotopic (exact) mass is 424 g/mol. The molecule has 7 heteroatoms. The van der Waals surface area contributed by atoms with Gasteiger partial charge in [-0.25, -0.2) is 0 Å². The summed E-state index contributed by atoms with van der Waals surface area (Å²) in [7, 11) is 0. The molecular weight excluding hydrogens is 408 g/mol. The highest BCUT2D eigenvalue weighted by Gasteiger charge is 2.29. The minimum absolute atomic E-state index is 0.0185. The van der Waals surface area contributed by atoms with E-state index in [1.165, 1.54) is 6.26 Å². The maximum absolute atomic E-state index is 12.6. The van der Waals surface area contributed by atoms with Crippen LogP contribution in [0.2, 0.25) is 5.02 Å². The Labute approximate surface area is 159 Å². The molecule has 1 aliphatic heterocycles. The average Bonchev–Trinajstić information content (AvgIpc) is 3.17. The fourth-order valence-corrected chi connectivity index (χ4v) is 3.68. The maximum Gasteiger partial charge on any atom is 0.289 e. The number of hydrogen-bond acceptors (Lipinski definition) is 3. The molecule has 25 heavy (non-hydrogen) atoms. The Morgan fingerprint density at radius 2 is 1.76 bits per heavy atom. The fraction of sp³-hybridized carbons (Fsp3) is 0.333. The van der Waals surface area contributed by atoms with Crippen LogP contribution in [0, 0.1) is 0 Å². The van der Waals surface area contributed by atoms with Crippen molar-refractivity contribution in [3.05, 3.63) is 59.0 Å². The van der Waals surface area contributed by atoms with Crippen molar-refractivity contribution in [1.29, 1.82) is 0 Å². The minimum Gasteiger partial charge on any atom is -0.459 e. The molecule has 0 bridgehead atoms. The van der Waals surface area contributed by atoms with Crippen LogP contribution in [-0.2, 0) is 11.2 Å². The highest BCUT2D eigenvalue weighted by molar-refractivity contribution is 9.10. The zero-order valence-electron chi connectivity index (χ0n) is 13.5. The van der Waals surface area contributed by atoms with Crippen LogP contribution in [0.15, 0.2) is 47.1 Å². The van der Waals surface area contributed by atoms with Crippen LogP contribution in [0.25, 0.3) is 0 Å². The second-order valence-corrected chi connectivity index (χ2v) is 7.37. The van der Waals surface area contributed by atoms with Crippen molar-refractivity contribution < 1.29 is 14.0 Å². The lowest BCUT2D eigenvalue weighted by molar-refractivity contribution is -0.131. The van der Waals surface area contributed by atoms with E-state index < -0.39 is 0 Å². The summed E-state index contributed by atoms with van der Waals surface area (Å²) in [6, 6.07) is 10.9. The van der Waals surface area contributed by atoms with Gasteiger partial charge in [-0.05, 0) is 30.2 Å². The van der Waals surface area contributed by atoms with Crippen LogP contribution in [0.5, 0.6) is 0 Å². The number of alkyl halides is 1. The number of carbonyl (C=O) groups is 2. The molecule has 1 fully saturated rings. The molecule has 0 aliphatic carbocycles. The van der Waals surface area contributed by atoms with Crippen LogP contribution in [0.4, 0.5) is 0 Å². The van der Waals surface area contributed by atoms with E-state index in [0.717, 1.165) is 5.56 Å². The fourth-order valence-electron chi connectivity index (χ4n) is 2.83. The number of halogens is 2. The SMILES string of the molecule is O=C(c1ccco1)N1CCN(C(=O)C(Br)Cc2ccccc2Cl)CC1. The molecule has 1 aromatic heterocycles. The van der Waals surface area contributed by atoms with Crippen molar-refractivity contribution in [2.75, 3.05) is 26.2 Å². The Morgan fingerprint density at radius 1 is 1.08 bits per heavy atom. The first-order chi connectivity index (χ1) is 12.1. The van der Waals surface area contributed by atoms with Gasteiger partial charge in [-0.1, -0.05) is 45.7 Å². The van der Waals surface area contributed by atoms with Crippen LogP contribution in [0.3, 0.4) is 0 Å². The van der Waals surface area contributed by atoms with Gasteiger partial charge < -0.3 is 14.2 Å². The standard InChI is InChI=1S/C18H18BrClN2O3/c19-14(12-13-4-1-2-5-15(13)20)17(23)21-7-9-22(10-8-21)18(24)16-6-3-11-25-16/h1-6,11,14H,7-10,12H2. The number of hydrogen-bond donors (Lipinski definition) is 0. The molecule has 2 aromatic rings. The highest BCUT2D eigenvalue weighted by atomic mass is 79.9. The van der Waals surface area contributed by atoms with E-state index in [1.54, 1.807) is 21.9 Å². The summed E-state index contributed by atoms with van der Waals surface area (Å²) >= 11 is 9.64. The smallest absolute Gasteiger partial charge is 0.289 e. The van der Waals surface area contributed by atoms with Crippen LogP contribution >= 0.6 is 27.5 Å². The van der Waals surface area contributed by atoms with Crippen molar-refractivity contribution in [3.63, 3.8) is 0 Å². The van der Waals surface area contributed by atoms with E-state index in [4.69, 9.17) is 16.0 Å². The third kappa shape index (κ3) is 4.25. The van der Waals surface area contributed by atoms with E-state index in [2.05, 4.69) is 15.9 Å². The molecule has 2 amide bonds. The average molecular weight is 426 g/mol. The van der Waals surface area contributed by atoms with Gasteiger partial charge >= 0.3 is 0 Å². The molecule has 2 heterocycles. The number of benzene rings is 1. The lowest BCUT2D eigenvalue weighted by Crippen LogP contribution is -2.52. The third-order valence-corrected chi connectivity index (χ3v) is 5.32. The molecule has 1 atom stereocenters. The predicted octanol–water partition coefficient (Wildman–Crippen LogP) is 3.22. The Balaban J connectivity index is 1.54. The van der Waals surface area contributed by atoms with Gasteiger partial charge in [0.15, 0.2) is 5.76 Å². The van der Waals surface area contributed by atoms with Crippen molar-refractivity contribution in [3.8, 4) is 0 Å². The quantitative estimate of drug-likeness (QED) is 0.707. The summed E-state index contributed by atoms with van der Waals surface area (Å²) in [5.41, 5.74) is 0.936. The summed E-state index contributed by atoms with van der Waals surface area (Å²) < 4.78 is 5.15. The minimum atomic E-state index is -0.334. The normalized spacial score (nSPS) is 15.9. The molecule has 5 nitrogen and oxygen atoms in total. The first kappa shape index (κ1) is 18.0. The molecule has 1 aliphatic rings. The number of nitrogens with zero attached hydrogens (tertiary/aromatic N) is 2. The van der Waals surface area contributed by atoms with Gasteiger partial charge in [-0.15, -0.1) is 0 Å². The molecule has 1 saturated heterocycles. The molecule has 132 valence electrons. The third-order valence-electron chi connectivity index (χ3n) is 4.24. The largest absolute Gasteiger partial charge is 0.459 e. The Morgan fingerprint density at radius 3 is 2.40 bits per heavy atom. The number of piperazine rings is 1. The molecule has 0 saturated carbocycles. The zero-order chi connectivity index (χ0) is 17.8. The van der Waals surface area contributed by atoms with Crippen LogP contribution in [0.1, 0.15) is 16.1 Å². The van der Waals surface area contributed by atoms with Gasteiger partial charge in [0, 0.05) is 31.2 Å². The van der Waals surface area contributed by atoms with E-state index in [0.29, 0.717) is 43.4 Å². The van der Waals surface area contributed by atoms with Gasteiger partial charge in [0.05, 0.1) is 11.1 Å². The Kier molecular flexibility index (Phi) is 5.81. The van der Waals surface area contributed by atoms with Gasteiger partial charge in [-0.2, -0.15) is 0 Å². The summed E-state index contributed by atoms with van der Waals surface area (Å²) in [6.45, 7) is 2.01. The van der Waals surface area contributed by atoms with E-state index in [9.17, 15) is 9.59 Å².